The average molecular weight is 420 g/mol. The highest BCUT2D eigenvalue weighted by molar-refractivity contribution is 7.89. The second kappa shape index (κ2) is 9.69. The van der Waals surface area contributed by atoms with Crippen molar-refractivity contribution in [3.05, 3.63) is 58.6 Å². The molecule has 0 saturated heterocycles. The quantitative estimate of drug-likeness (QED) is 0.704. The van der Waals surface area contributed by atoms with Gasteiger partial charge in [0, 0.05) is 25.2 Å². The van der Waals surface area contributed by atoms with Crippen LogP contribution in [0, 0.1) is 11.3 Å². The number of amides is 1. The van der Waals surface area contributed by atoms with Crippen LogP contribution in [0.15, 0.2) is 47.4 Å². The third kappa shape index (κ3) is 5.32. The van der Waals surface area contributed by atoms with Crippen molar-refractivity contribution in [1.29, 1.82) is 5.26 Å². The van der Waals surface area contributed by atoms with Gasteiger partial charge in [-0.05, 0) is 42.3 Å². The molecular weight excluding hydrogens is 398 g/mol. The molecule has 1 amide bonds. The summed E-state index contributed by atoms with van der Waals surface area (Å²) in [5.41, 5.74) is 1.67. The SMILES string of the molecule is CCN(CC)S(=O)(=O)c1ccc(CCC(=O)Nc2ccc(Cl)c(C#N)c2)cc1. The topological polar surface area (TPSA) is 90.3 Å². The number of rotatable bonds is 8. The van der Waals surface area contributed by atoms with Crippen molar-refractivity contribution >= 4 is 33.2 Å². The summed E-state index contributed by atoms with van der Waals surface area (Å²) in [6.45, 7) is 4.43. The molecule has 6 nitrogen and oxygen atoms in total. The Morgan fingerprint density at radius 3 is 2.36 bits per heavy atom. The number of halogens is 1. The van der Waals surface area contributed by atoms with E-state index in [4.69, 9.17) is 16.9 Å². The summed E-state index contributed by atoms with van der Waals surface area (Å²) in [5.74, 6) is -0.203. The van der Waals surface area contributed by atoms with Gasteiger partial charge >= 0.3 is 0 Å². The summed E-state index contributed by atoms with van der Waals surface area (Å²) < 4.78 is 26.4. The molecule has 0 bridgehead atoms. The van der Waals surface area contributed by atoms with Gasteiger partial charge in [0.05, 0.1) is 15.5 Å². The lowest BCUT2D eigenvalue weighted by Gasteiger charge is -2.18. The number of hydrogen-bond acceptors (Lipinski definition) is 4. The van der Waals surface area contributed by atoms with E-state index in [0.29, 0.717) is 35.8 Å². The number of carbonyl (C=O) groups excluding carboxylic acids is 1. The molecule has 2 aromatic carbocycles. The number of nitrogens with zero attached hydrogens (tertiary/aromatic N) is 2. The largest absolute Gasteiger partial charge is 0.326 e. The van der Waals surface area contributed by atoms with Crippen LogP contribution in [-0.4, -0.2) is 31.7 Å². The van der Waals surface area contributed by atoms with Crippen LogP contribution in [0.4, 0.5) is 5.69 Å². The molecule has 0 radical (unpaired) electrons. The third-order valence-electron chi connectivity index (χ3n) is 4.28. The molecule has 0 aromatic heterocycles. The molecule has 0 aliphatic carbocycles. The van der Waals surface area contributed by atoms with Crippen molar-refractivity contribution in [3.8, 4) is 6.07 Å². The monoisotopic (exact) mass is 419 g/mol. The van der Waals surface area contributed by atoms with E-state index in [1.807, 2.05) is 6.07 Å². The van der Waals surface area contributed by atoms with Gasteiger partial charge in [-0.15, -0.1) is 0 Å². The predicted molar refractivity (Wildman–Crippen MR) is 110 cm³/mol. The molecule has 0 saturated carbocycles. The third-order valence-corrected chi connectivity index (χ3v) is 6.67. The Hall–Kier alpha value is -2.40. The van der Waals surface area contributed by atoms with E-state index in [-0.39, 0.29) is 17.2 Å². The Morgan fingerprint density at radius 1 is 1.14 bits per heavy atom. The number of carbonyl (C=O) groups is 1. The average Bonchev–Trinajstić information content (AvgIpc) is 2.69. The smallest absolute Gasteiger partial charge is 0.243 e. The molecule has 0 atom stereocenters. The van der Waals surface area contributed by atoms with Gasteiger partial charge in [0.1, 0.15) is 6.07 Å². The first-order valence-electron chi connectivity index (χ1n) is 8.90. The van der Waals surface area contributed by atoms with Crippen LogP contribution in [0.25, 0.3) is 0 Å². The highest BCUT2D eigenvalue weighted by Gasteiger charge is 2.21. The molecule has 0 aliphatic rings. The number of aryl methyl sites for hydroxylation is 1. The van der Waals surface area contributed by atoms with Gasteiger partial charge in [-0.25, -0.2) is 8.42 Å². The molecule has 0 fully saturated rings. The minimum atomic E-state index is -3.48. The zero-order valence-electron chi connectivity index (χ0n) is 15.8. The highest BCUT2D eigenvalue weighted by atomic mass is 35.5. The lowest BCUT2D eigenvalue weighted by molar-refractivity contribution is -0.116. The maximum Gasteiger partial charge on any atom is 0.243 e. The predicted octanol–water partition coefficient (Wildman–Crippen LogP) is 3.81. The van der Waals surface area contributed by atoms with Gasteiger partial charge in [-0.2, -0.15) is 9.57 Å². The van der Waals surface area contributed by atoms with Crippen molar-refractivity contribution < 1.29 is 13.2 Å². The first kappa shape index (κ1) is 21.9. The lowest BCUT2D eigenvalue weighted by atomic mass is 10.1. The number of hydrogen-bond donors (Lipinski definition) is 1. The van der Waals surface area contributed by atoms with Crippen LogP contribution in [0.5, 0.6) is 0 Å². The Bertz CT molecular complexity index is 979. The number of nitriles is 1. The molecule has 0 spiro atoms. The highest BCUT2D eigenvalue weighted by Crippen LogP contribution is 2.20. The summed E-state index contributed by atoms with van der Waals surface area (Å²) >= 11 is 5.88. The van der Waals surface area contributed by atoms with Crippen LogP contribution >= 0.6 is 11.6 Å². The molecule has 0 heterocycles. The van der Waals surface area contributed by atoms with Crippen LogP contribution in [-0.2, 0) is 21.2 Å². The van der Waals surface area contributed by atoms with E-state index in [1.165, 1.54) is 10.4 Å². The number of benzene rings is 2. The minimum Gasteiger partial charge on any atom is -0.326 e. The van der Waals surface area contributed by atoms with Crippen molar-refractivity contribution in [2.75, 3.05) is 18.4 Å². The summed E-state index contributed by atoms with van der Waals surface area (Å²) in [7, 11) is -3.48. The Morgan fingerprint density at radius 2 is 1.79 bits per heavy atom. The number of nitrogens with one attached hydrogen (secondary N) is 1. The second-order valence-electron chi connectivity index (χ2n) is 6.09. The van der Waals surface area contributed by atoms with Crippen LogP contribution in [0.3, 0.4) is 0 Å². The van der Waals surface area contributed by atoms with Gasteiger partial charge in [0.2, 0.25) is 15.9 Å². The Balaban J connectivity index is 1.98. The minimum absolute atomic E-state index is 0.203. The summed E-state index contributed by atoms with van der Waals surface area (Å²) in [6.07, 6.45) is 0.697. The van der Waals surface area contributed by atoms with Gasteiger partial charge in [-0.1, -0.05) is 37.6 Å². The van der Waals surface area contributed by atoms with E-state index in [1.54, 1.807) is 50.2 Å². The number of anilines is 1. The molecule has 148 valence electrons. The van der Waals surface area contributed by atoms with Gasteiger partial charge < -0.3 is 5.32 Å². The summed E-state index contributed by atoms with van der Waals surface area (Å²) in [6, 6.07) is 13.3. The summed E-state index contributed by atoms with van der Waals surface area (Å²) in [4.78, 5) is 12.4. The van der Waals surface area contributed by atoms with Crippen LogP contribution in [0.2, 0.25) is 5.02 Å². The van der Waals surface area contributed by atoms with Crippen molar-refractivity contribution in [2.45, 2.75) is 31.6 Å². The van der Waals surface area contributed by atoms with Crippen molar-refractivity contribution in [2.24, 2.45) is 0 Å². The normalized spacial score (nSPS) is 11.2. The zero-order valence-corrected chi connectivity index (χ0v) is 17.3. The molecule has 2 aromatic rings. The molecular formula is C20H22ClN3O3S. The van der Waals surface area contributed by atoms with Crippen molar-refractivity contribution in [3.63, 3.8) is 0 Å². The van der Waals surface area contributed by atoms with E-state index >= 15 is 0 Å². The zero-order chi connectivity index (χ0) is 20.7. The molecule has 0 aliphatic heterocycles. The fourth-order valence-corrected chi connectivity index (χ4v) is 4.33. The Labute approximate surface area is 170 Å². The maximum atomic E-state index is 12.5. The molecule has 1 N–H and O–H groups in total. The van der Waals surface area contributed by atoms with E-state index < -0.39 is 10.0 Å². The van der Waals surface area contributed by atoms with Crippen LogP contribution in [0.1, 0.15) is 31.4 Å². The molecule has 0 unspecified atom stereocenters. The first-order chi connectivity index (χ1) is 13.3. The van der Waals surface area contributed by atoms with E-state index in [9.17, 15) is 13.2 Å². The van der Waals surface area contributed by atoms with Gasteiger partial charge in [0.15, 0.2) is 0 Å². The summed E-state index contributed by atoms with van der Waals surface area (Å²) in [5, 5.41) is 12.0. The van der Waals surface area contributed by atoms with E-state index in [2.05, 4.69) is 5.32 Å². The standard InChI is InChI=1S/C20H22ClN3O3S/c1-3-24(4-2)28(26,27)18-9-5-15(6-10-18)7-12-20(25)23-17-8-11-19(21)16(13-17)14-22/h5-6,8-11,13H,3-4,7,12H2,1-2H3,(H,23,25). The van der Waals surface area contributed by atoms with E-state index in [0.717, 1.165) is 5.56 Å². The lowest BCUT2D eigenvalue weighted by Crippen LogP contribution is -2.30. The second-order valence-corrected chi connectivity index (χ2v) is 8.43. The Kier molecular flexibility index (Phi) is 7.58. The fraction of sp³-hybridized carbons (Fsp3) is 0.300. The molecule has 8 heteroatoms. The number of sulfonamides is 1. The molecule has 2 rings (SSSR count). The van der Waals surface area contributed by atoms with Crippen molar-refractivity contribution in [1.82, 2.24) is 4.31 Å². The maximum absolute atomic E-state index is 12.5. The fourth-order valence-electron chi connectivity index (χ4n) is 2.71. The molecule has 28 heavy (non-hydrogen) atoms. The first-order valence-corrected chi connectivity index (χ1v) is 10.7. The van der Waals surface area contributed by atoms with Crippen LogP contribution < -0.4 is 5.32 Å². The van der Waals surface area contributed by atoms with Gasteiger partial charge in [-0.3, -0.25) is 4.79 Å². The van der Waals surface area contributed by atoms with Gasteiger partial charge in [0.25, 0.3) is 0 Å².